The number of aryl methyl sites for hydroxylation is 1. The van der Waals surface area contributed by atoms with Crippen LogP contribution in [0.4, 0.5) is 0 Å². The minimum Gasteiger partial charge on any atom is -0.376 e. The number of fused-ring (bicyclic) bond motifs is 1. The van der Waals surface area contributed by atoms with Crippen molar-refractivity contribution >= 4 is 28.4 Å². The third-order valence-electron chi connectivity index (χ3n) is 3.75. The molecule has 0 saturated carbocycles. The maximum atomic E-state index is 12.3. The van der Waals surface area contributed by atoms with Gasteiger partial charge in [-0.25, -0.2) is 0 Å². The highest BCUT2D eigenvalue weighted by Crippen LogP contribution is 2.22. The standard InChI is InChI=1S/C15H17ClN2O2/c1-18-13-8-11(16)5-4-10(13)7-14(18)15(19)17-9-12-3-2-6-20-12/h4-5,7-8,12H,2-3,6,9H2,1H3,(H,17,19). The first-order valence-corrected chi connectivity index (χ1v) is 7.18. The topological polar surface area (TPSA) is 43.3 Å². The first-order chi connectivity index (χ1) is 9.65. The van der Waals surface area contributed by atoms with Gasteiger partial charge in [-0.2, -0.15) is 0 Å². The second-order valence-corrected chi connectivity index (χ2v) is 5.57. The maximum Gasteiger partial charge on any atom is 0.268 e. The summed E-state index contributed by atoms with van der Waals surface area (Å²) in [5, 5.41) is 4.62. The fourth-order valence-electron chi connectivity index (χ4n) is 2.62. The molecule has 1 unspecified atom stereocenters. The molecule has 3 rings (SSSR count). The van der Waals surface area contributed by atoms with E-state index in [9.17, 15) is 4.79 Å². The van der Waals surface area contributed by atoms with E-state index in [1.54, 1.807) is 0 Å². The van der Waals surface area contributed by atoms with Crippen molar-refractivity contribution in [2.24, 2.45) is 7.05 Å². The van der Waals surface area contributed by atoms with Crippen LogP contribution in [0.2, 0.25) is 5.02 Å². The number of carbonyl (C=O) groups excluding carboxylic acids is 1. The van der Waals surface area contributed by atoms with Gasteiger partial charge in [0.15, 0.2) is 0 Å². The number of ether oxygens (including phenoxy) is 1. The van der Waals surface area contributed by atoms with Gasteiger partial charge >= 0.3 is 0 Å². The van der Waals surface area contributed by atoms with Crippen LogP contribution >= 0.6 is 11.6 Å². The smallest absolute Gasteiger partial charge is 0.268 e. The fourth-order valence-corrected chi connectivity index (χ4v) is 2.79. The zero-order valence-electron chi connectivity index (χ0n) is 11.4. The SMILES string of the molecule is Cn1c(C(=O)NCC2CCCO2)cc2ccc(Cl)cc21. The summed E-state index contributed by atoms with van der Waals surface area (Å²) in [7, 11) is 1.87. The molecule has 1 aromatic heterocycles. The molecule has 5 heteroatoms. The minimum absolute atomic E-state index is 0.0738. The first kappa shape index (κ1) is 13.5. The van der Waals surface area contributed by atoms with Gasteiger partial charge in [-0.1, -0.05) is 17.7 Å². The second kappa shape index (κ2) is 5.46. The molecular weight excluding hydrogens is 276 g/mol. The van der Waals surface area contributed by atoms with Crippen molar-refractivity contribution in [2.45, 2.75) is 18.9 Å². The van der Waals surface area contributed by atoms with Gasteiger partial charge < -0.3 is 14.6 Å². The van der Waals surface area contributed by atoms with Crippen LogP contribution < -0.4 is 5.32 Å². The molecule has 1 aliphatic rings. The lowest BCUT2D eigenvalue weighted by atomic mass is 10.2. The van der Waals surface area contributed by atoms with Crippen molar-refractivity contribution in [1.29, 1.82) is 0 Å². The van der Waals surface area contributed by atoms with Gasteiger partial charge in [0.05, 0.1) is 6.10 Å². The molecule has 1 fully saturated rings. The van der Waals surface area contributed by atoms with Gasteiger partial charge in [-0.3, -0.25) is 4.79 Å². The molecule has 0 spiro atoms. The van der Waals surface area contributed by atoms with Crippen molar-refractivity contribution in [3.05, 3.63) is 35.0 Å². The van der Waals surface area contributed by atoms with E-state index in [0.717, 1.165) is 30.4 Å². The second-order valence-electron chi connectivity index (χ2n) is 5.14. The van der Waals surface area contributed by atoms with Crippen LogP contribution in [0.25, 0.3) is 10.9 Å². The van der Waals surface area contributed by atoms with E-state index < -0.39 is 0 Å². The van der Waals surface area contributed by atoms with Crippen molar-refractivity contribution < 1.29 is 9.53 Å². The van der Waals surface area contributed by atoms with Crippen LogP contribution in [0.3, 0.4) is 0 Å². The third-order valence-corrected chi connectivity index (χ3v) is 3.99. The number of halogens is 1. The van der Waals surface area contributed by atoms with Crippen molar-refractivity contribution in [1.82, 2.24) is 9.88 Å². The third kappa shape index (κ3) is 2.53. The van der Waals surface area contributed by atoms with E-state index in [0.29, 0.717) is 17.3 Å². The first-order valence-electron chi connectivity index (χ1n) is 6.80. The van der Waals surface area contributed by atoms with E-state index in [1.165, 1.54) is 0 Å². The van der Waals surface area contributed by atoms with Crippen molar-refractivity contribution in [2.75, 3.05) is 13.2 Å². The molecule has 1 saturated heterocycles. The molecule has 4 nitrogen and oxygen atoms in total. The molecule has 1 aromatic carbocycles. The lowest BCUT2D eigenvalue weighted by Gasteiger charge is -2.11. The largest absolute Gasteiger partial charge is 0.376 e. The Morgan fingerprint density at radius 2 is 2.35 bits per heavy atom. The Morgan fingerprint density at radius 3 is 3.10 bits per heavy atom. The Kier molecular flexibility index (Phi) is 3.68. The van der Waals surface area contributed by atoms with E-state index in [4.69, 9.17) is 16.3 Å². The van der Waals surface area contributed by atoms with E-state index in [1.807, 2.05) is 35.9 Å². The van der Waals surface area contributed by atoms with Gasteiger partial charge in [0.2, 0.25) is 0 Å². The fraction of sp³-hybridized carbons (Fsp3) is 0.400. The molecule has 1 N–H and O–H groups in total. The Bertz CT molecular complexity index is 645. The van der Waals surface area contributed by atoms with Gasteiger partial charge in [0, 0.05) is 36.1 Å². The van der Waals surface area contributed by atoms with Crippen LogP contribution in [0.15, 0.2) is 24.3 Å². The van der Waals surface area contributed by atoms with Crippen molar-refractivity contribution in [3.8, 4) is 0 Å². The molecule has 1 atom stereocenters. The van der Waals surface area contributed by atoms with Crippen LogP contribution in [0.5, 0.6) is 0 Å². The zero-order chi connectivity index (χ0) is 14.1. The van der Waals surface area contributed by atoms with E-state index in [-0.39, 0.29) is 12.0 Å². The summed E-state index contributed by atoms with van der Waals surface area (Å²) in [6, 6.07) is 7.51. The maximum absolute atomic E-state index is 12.3. The molecule has 1 amide bonds. The molecular formula is C15H17ClN2O2. The van der Waals surface area contributed by atoms with Crippen LogP contribution in [-0.4, -0.2) is 29.7 Å². The van der Waals surface area contributed by atoms with E-state index >= 15 is 0 Å². The monoisotopic (exact) mass is 292 g/mol. The number of aromatic nitrogens is 1. The quantitative estimate of drug-likeness (QED) is 0.945. The molecule has 106 valence electrons. The van der Waals surface area contributed by atoms with Gasteiger partial charge in [0.1, 0.15) is 5.69 Å². The number of carbonyl (C=O) groups is 1. The summed E-state index contributed by atoms with van der Waals surface area (Å²) in [6.07, 6.45) is 2.25. The van der Waals surface area contributed by atoms with Gasteiger partial charge in [0.25, 0.3) is 5.91 Å². The minimum atomic E-state index is -0.0738. The summed E-state index contributed by atoms with van der Waals surface area (Å²) in [4.78, 5) is 12.3. The molecule has 0 radical (unpaired) electrons. The summed E-state index contributed by atoms with van der Waals surface area (Å²) in [5.74, 6) is -0.0738. The lowest BCUT2D eigenvalue weighted by molar-refractivity contribution is 0.0851. The molecule has 1 aliphatic heterocycles. The lowest BCUT2D eigenvalue weighted by Crippen LogP contribution is -2.32. The summed E-state index contributed by atoms with van der Waals surface area (Å²) >= 11 is 6.00. The van der Waals surface area contributed by atoms with Gasteiger partial charge in [-0.15, -0.1) is 0 Å². The molecule has 0 bridgehead atoms. The highest BCUT2D eigenvalue weighted by Gasteiger charge is 2.18. The highest BCUT2D eigenvalue weighted by molar-refractivity contribution is 6.31. The molecule has 2 heterocycles. The number of hydrogen-bond donors (Lipinski definition) is 1. The van der Waals surface area contributed by atoms with E-state index in [2.05, 4.69) is 5.32 Å². The average molecular weight is 293 g/mol. The normalized spacial score (nSPS) is 18.6. The zero-order valence-corrected chi connectivity index (χ0v) is 12.1. The molecule has 2 aromatic rings. The predicted molar refractivity (Wildman–Crippen MR) is 79.2 cm³/mol. The number of hydrogen-bond acceptors (Lipinski definition) is 2. The number of rotatable bonds is 3. The summed E-state index contributed by atoms with van der Waals surface area (Å²) < 4.78 is 7.37. The molecule has 0 aliphatic carbocycles. The predicted octanol–water partition coefficient (Wildman–Crippen LogP) is 2.74. The molecule has 20 heavy (non-hydrogen) atoms. The number of benzene rings is 1. The van der Waals surface area contributed by atoms with Crippen LogP contribution in [0, 0.1) is 0 Å². The Morgan fingerprint density at radius 1 is 1.50 bits per heavy atom. The van der Waals surface area contributed by atoms with Crippen LogP contribution in [0.1, 0.15) is 23.3 Å². The summed E-state index contributed by atoms with van der Waals surface area (Å²) in [5.41, 5.74) is 1.60. The average Bonchev–Trinajstić information content (AvgIpc) is 3.05. The number of nitrogens with one attached hydrogen (secondary N) is 1. The van der Waals surface area contributed by atoms with Crippen LogP contribution in [-0.2, 0) is 11.8 Å². The van der Waals surface area contributed by atoms with Crippen molar-refractivity contribution in [3.63, 3.8) is 0 Å². The van der Waals surface area contributed by atoms with Gasteiger partial charge in [-0.05, 0) is 31.0 Å². The Balaban J connectivity index is 1.78. The number of amides is 1. The highest BCUT2D eigenvalue weighted by atomic mass is 35.5. The number of nitrogens with zero attached hydrogens (tertiary/aromatic N) is 1. The summed E-state index contributed by atoms with van der Waals surface area (Å²) in [6.45, 7) is 1.37. The Labute approximate surface area is 122 Å². The Hall–Kier alpha value is -1.52.